The molecule has 0 unspecified atom stereocenters. The Bertz CT molecular complexity index is 795. The van der Waals surface area contributed by atoms with E-state index in [0.717, 1.165) is 11.6 Å². The lowest BCUT2D eigenvalue weighted by Gasteiger charge is -2.41. The number of nitrogens with zero attached hydrogens (tertiary/aromatic N) is 4. The molecule has 1 aromatic carbocycles. The number of likely N-dealkylation sites (N-methyl/N-ethyl adjacent to an activating group) is 1. The van der Waals surface area contributed by atoms with Crippen LogP contribution in [0.4, 0.5) is 4.39 Å². The van der Waals surface area contributed by atoms with Crippen molar-refractivity contribution >= 4 is 17.5 Å². The Kier molecular flexibility index (Phi) is 5.60. The van der Waals surface area contributed by atoms with Gasteiger partial charge in [-0.3, -0.25) is 9.48 Å². The van der Waals surface area contributed by atoms with Crippen LogP contribution in [0.5, 0.6) is 0 Å². The van der Waals surface area contributed by atoms with Crippen molar-refractivity contribution in [2.75, 3.05) is 33.8 Å². The number of amides is 1. The number of halogens is 2. The van der Waals surface area contributed by atoms with E-state index >= 15 is 0 Å². The molecule has 1 aromatic heterocycles. The highest BCUT2D eigenvalue weighted by atomic mass is 35.5. The topological polar surface area (TPSA) is 50.6 Å². The van der Waals surface area contributed by atoms with Gasteiger partial charge < -0.3 is 14.5 Å². The first-order valence-corrected chi connectivity index (χ1v) is 8.75. The molecule has 0 N–H and O–H groups in total. The highest BCUT2D eigenvalue weighted by Gasteiger charge is 2.38. The van der Waals surface area contributed by atoms with Crippen molar-refractivity contribution in [3.8, 4) is 0 Å². The summed E-state index contributed by atoms with van der Waals surface area (Å²) in [5, 5.41) is 4.48. The number of aromatic nitrogens is 2. The zero-order valence-corrected chi connectivity index (χ0v) is 15.8. The molecule has 1 saturated heterocycles. The molecule has 0 radical (unpaired) electrons. The summed E-state index contributed by atoms with van der Waals surface area (Å²) >= 11 is 5.81. The van der Waals surface area contributed by atoms with E-state index in [4.69, 9.17) is 16.3 Å². The lowest BCUT2D eigenvalue weighted by Crippen LogP contribution is -2.51. The van der Waals surface area contributed by atoms with Gasteiger partial charge in [0.05, 0.1) is 30.5 Å². The second kappa shape index (κ2) is 7.73. The van der Waals surface area contributed by atoms with E-state index in [9.17, 15) is 9.18 Å². The van der Waals surface area contributed by atoms with E-state index in [0.29, 0.717) is 19.7 Å². The molecule has 26 heavy (non-hydrogen) atoms. The third kappa shape index (κ3) is 3.90. The van der Waals surface area contributed by atoms with E-state index in [2.05, 4.69) is 5.10 Å². The Balaban J connectivity index is 1.97. The third-order valence-electron chi connectivity index (χ3n) is 4.39. The fourth-order valence-corrected chi connectivity index (χ4v) is 3.44. The Morgan fingerprint density at radius 2 is 2.23 bits per heavy atom. The first-order valence-electron chi connectivity index (χ1n) is 8.37. The first kappa shape index (κ1) is 18.8. The summed E-state index contributed by atoms with van der Waals surface area (Å²) in [4.78, 5) is 16.8. The van der Waals surface area contributed by atoms with Crippen LogP contribution in [0.15, 0.2) is 30.6 Å². The van der Waals surface area contributed by atoms with Crippen LogP contribution in [-0.4, -0.2) is 65.4 Å². The lowest BCUT2D eigenvalue weighted by molar-refractivity contribution is -0.0685. The zero-order valence-electron chi connectivity index (χ0n) is 15.0. The van der Waals surface area contributed by atoms with Gasteiger partial charge in [0.1, 0.15) is 5.82 Å². The molecule has 2 heterocycles. The summed E-state index contributed by atoms with van der Waals surface area (Å²) < 4.78 is 21.9. The molecule has 140 valence electrons. The highest BCUT2D eigenvalue weighted by molar-refractivity contribution is 6.30. The number of carbonyl (C=O) groups is 1. The van der Waals surface area contributed by atoms with E-state index in [-0.39, 0.29) is 28.6 Å². The molecule has 0 aliphatic carbocycles. The van der Waals surface area contributed by atoms with Crippen LogP contribution < -0.4 is 0 Å². The maximum atomic E-state index is 14.3. The van der Waals surface area contributed by atoms with Crippen LogP contribution in [0.25, 0.3) is 0 Å². The quantitative estimate of drug-likeness (QED) is 0.817. The van der Waals surface area contributed by atoms with E-state index in [1.54, 1.807) is 15.8 Å². The van der Waals surface area contributed by atoms with Crippen molar-refractivity contribution in [1.82, 2.24) is 19.6 Å². The van der Waals surface area contributed by atoms with Crippen LogP contribution >= 0.6 is 11.6 Å². The summed E-state index contributed by atoms with van der Waals surface area (Å²) in [5.74, 6) is -0.997. The Hall–Kier alpha value is -1.96. The van der Waals surface area contributed by atoms with Gasteiger partial charge >= 0.3 is 0 Å². The smallest absolute Gasteiger partial charge is 0.257 e. The number of hydrogen-bond acceptors (Lipinski definition) is 4. The van der Waals surface area contributed by atoms with E-state index in [1.165, 1.54) is 12.1 Å². The molecule has 1 fully saturated rings. The zero-order chi connectivity index (χ0) is 18.8. The molecule has 2 atom stereocenters. The minimum absolute atomic E-state index is 0.00814. The first-order chi connectivity index (χ1) is 12.4. The monoisotopic (exact) mass is 380 g/mol. The molecule has 0 saturated carbocycles. The Morgan fingerprint density at radius 1 is 1.46 bits per heavy atom. The highest BCUT2D eigenvalue weighted by Crippen LogP contribution is 2.32. The van der Waals surface area contributed by atoms with Crippen molar-refractivity contribution in [3.05, 3.63) is 52.6 Å². The fraction of sp³-hybridized carbons (Fsp3) is 0.444. The molecule has 0 spiro atoms. The predicted octanol–water partition coefficient (Wildman–Crippen LogP) is 2.36. The molecule has 8 heteroatoms. The Morgan fingerprint density at radius 3 is 2.85 bits per heavy atom. The molecule has 0 bridgehead atoms. The SMILES string of the molecule is CN(C)C[C@@H]1OCCN(C(=O)c2ccc(Cl)cc2F)[C@H]1c1cnn(C)c1. The maximum Gasteiger partial charge on any atom is 0.257 e. The molecule has 1 aliphatic heterocycles. The van der Waals surface area contributed by atoms with Crippen LogP contribution in [0.3, 0.4) is 0 Å². The summed E-state index contributed by atoms with van der Waals surface area (Å²) in [5.41, 5.74) is 0.871. The van der Waals surface area contributed by atoms with Gasteiger partial charge in [-0.2, -0.15) is 5.10 Å². The minimum Gasteiger partial charge on any atom is -0.373 e. The van der Waals surface area contributed by atoms with Crippen LogP contribution in [0.1, 0.15) is 22.0 Å². The van der Waals surface area contributed by atoms with Gasteiger partial charge in [-0.15, -0.1) is 0 Å². The van der Waals surface area contributed by atoms with Gasteiger partial charge in [0, 0.05) is 36.9 Å². The van der Waals surface area contributed by atoms with Crippen molar-refractivity contribution in [2.45, 2.75) is 12.1 Å². The van der Waals surface area contributed by atoms with Gasteiger partial charge in [0.15, 0.2) is 0 Å². The number of rotatable bonds is 4. The average Bonchev–Trinajstić information content (AvgIpc) is 2.99. The summed E-state index contributed by atoms with van der Waals surface area (Å²) in [6, 6.07) is 3.76. The Labute approximate surface area is 157 Å². The predicted molar refractivity (Wildman–Crippen MR) is 96.7 cm³/mol. The number of aryl methyl sites for hydroxylation is 1. The molecular weight excluding hydrogens is 359 g/mol. The van der Waals surface area contributed by atoms with E-state index in [1.807, 2.05) is 32.2 Å². The third-order valence-corrected chi connectivity index (χ3v) is 4.62. The van der Waals surface area contributed by atoms with Gasteiger partial charge in [-0.25, -0.2) is 4.39 Å². The average molecular weight is 381 g/mol. The molecule has 2 aromatic rings. The number of benzene rings is 1. The van der Waals surface area contributed by atoms with Gasteiger partial charge in [0.2, 0.25) is 0 Å². The number of hydrogen-bond donors (Lipinski definition) is 0. The minimum atomic E-state index is -0.622. The molecule has 1 amide bonds. The van der Waals surface area contributed by atoms with E-state index < -0.39 is 5.82 Å². The summed E-state index contributed by atoms with van der Waals surface area (Å²) in [6.07, 6.45) is 3.35. The normalized spacial score (nSPS) is 20.6. The molecule has 3 rings (SSSR count). The molecule has 6 nitrogen and oxygen atoms in total. The standard InChI is InChI=1S/C18H22ClFN4O2/c1-22(2)11-16-17(12-9-21-23(3)10-12)24(6-7-26-16)18(25)14-5-4-13(19)8-15(14)20/h4-5,8-10,16-17H,6-7,11H2,1-3H3/t16-,17-/m0/s1. The summed E-state index contributed by atoms with van der Waals surface area (Å²) in [6.45, 7) is 1.41. The van der Waals surface area contributed by atoms with Gasteiger partial charge in [0.25, 0.3) is 5.91 Å². The maximum absolute atomic E-state index is 14.3. The largest absolute Gasteiger partial charge is 0.373 e. The second-order valence-electron chi connectivity index (χ2n) is 6.69. The summed E-state index contributed by atoms with van der Waals surface area (Å²) in [7, 11) is 5.71. The van der Waals surface area contributed by atoms with Crippen molar-refractivity contribution < 1.29 is 13.9 Å². The number of carbonyl (C=O) groups excluding carboxylic acids is 1. The van der Waals surface area contributed by atoms with Gasteiger partial charge in [-0.1, -0.05) is 11.6 Å². The van der Waals surface area contributed by atoms with Crippen molar-refractivity contribution in [3.63, 3.8) is 0 Å². The molecule has 1 aliphatic rings. The lowest BCUT2D eigenvalue weighted by atomic mass is 9.99. The number of ether oxygens (including phenoxy) is 1. The molecular formula is C18H22ClFN4O2. The van der Waals surface area contributed by atoms with Crippen LogP contribution in [0.2, 0.25) is 5.02 Å². The second-order valence-corrected chi connectivity index (χ2v) is 7.12. The van der Waals surface area contributed by atoms with Gasteiger partial charge in [-0.05, 0) is 32.3 Å². The van der Waals surface area contributed by atoms with Crippen LogP contribution in [-0.2, 0) is 11.8 Å². The van der Waals surface area contributed by atoms with Crippen molar-refractivity contribution in [1.29, 1.82) is 0 Å². The van der Waals surface area contributed by atoms with Crippen molar-refractivity contribution in [2.24, 2.45) is 7.05 Å². The fourth-order valence-electron chi connectivity index (χ4n) is 3.28. The van der Waals surface area contributed by atoms with Crippen LogP contribution in [0, 0.1) is 5.82 Å². The number of morpholine rings is 1.